The lowest BCUT2D eigenvalue weighted by molar-refractivity contribution is -0.145. The topological polar surface area (TPSA) is 54.0 Å². The predicted octanol–water partition coefficient (Wildman–Crippen LogP) is 10.8. The molecule has 0 aliphatic rings. The van der Waals surface area contributed by atoms with Crippen LogP contribution in [0.1, 0.15) is 161 Å². The van der Waals surface area contributed by atoms with Gasteiger partial charge in [0.05, 0.1) is 26.4 Å². The highest BCUT2D eigenvalue weighted by atomic mass is 16.6. The molecule has 1 aromatic carbocycles. The second kappa shape index (κ2) is 31.8. The second-order valence-corrected chi connectivity index (χ2v) is 12.2. The summed E-state index contributed by atoms with van der Waals surface area (Å²) in [6.07, 6.45) is 29.6. The summed E-state index contributed by atoms with van der Waals surface area (Å²) in [6.45, 7) is 7.31. The normalized spacial score (nSPS) is 11.2. The Kier molecular flexibility index (Phi) is 29.2. The van der Waals surface area contributed by atoms with Gasteiger partial charge in [0.1, 0.15) is 19.0 Å². The van der Waals surface area contributed by atoms with E-state index in [0.717, 1.165) is 25.0 Å². The molecular formula is C38H68O5. The Morgan fingerprint density at radius 3 is 1.42 bits per heavy atom. The molecule has 0 fully saturated rings. The van der Waals surface area contributed by atoms with Crippen LogP contribution in [0.4, 0.5) is 0 Å². The Morgan fingerprint density at radius 2 is 0.907 bits per heavy atom. The lowest BCUT2D eigenvalue weighted by Gasteiger charge is -2.09. The van der Waals surface area contributed by atoms with Crippen LogP contribution in [0.15, 0.2) is 24.3 Å². The van der Waals surface area contributed by atoms with Crippen molar-refractivity contribution in [3.8, 4) is 5.75 Å². The molecule has 0 aliphatic heterocycles. The molecule has 5 nitrogen and oxygen atoms in total. The quantitative estimate of drug-likeness (QED) is 0.0590. The lowest BCUT2D eigenvalue weighted by atomic mass is 10.0. The fourth-order valence-corrected chi connectivity index (χ4v) is 5.33. The number of hydrogen-bond acceptors (Lipinski definition) is 5. The highest BCUT2D eigenvalue weighted by Gasteiger charge is 2.03. The third-order valence-corrected chi connectivity index (χ3v) is 8.09. The van der Waals surface area contributed by atoms with E-state index in [9.17, 15) is 4.79 Å². The maximum absolute atomic E-state index is 11.9. The zero-order valence-electron chi connectivity index (χ0n) is 28.4. The molecule has 43 heavy (non-hydrogen) atoms. The van der Waals surface area contributed by atoms with Gasteiger partial charge in [-0.1, -0.05) is 148 Å². The molecule has 0 unspecified atom stereocenters. The monoisotopic (exact) mass is 605 g/mol. The first kappa shape index (κ1) is 39.4. The Balaban J connectivity index is 1.79. The molecule has 0 saturated carbocycles. The molecule has 0 aromatic heterocycles. The fourth-order valence-electron chi connectivity index (χ4n) is 5.33. The third-order valence-electron chi connectivity index (χ3n) is 8.09. The minimum atomic E-state index is -0.109. The number of carbonyl (C=O) groups excluding carboxylic acids is 1. The van der Waals surface area contributed by atoms with E-state index in [2.05, 4.69) is 38.1 Å². The molecule has 0 heterocycles. The van der Waals surface area contributed by atoms with Crippen LogP contribution in [0.5, 0.6) is 5.75 Å². The summed E-state index contributed by atoms with van der Waals surface area (Å²) in [4.78, 5) is 11.9. The summed E-state index contributed by atoms with van der Waals surface area (Å²) in [7, 11) is 0. The van der Waals surface area contributed by atoms with Crippen LogP contribution in [0, 0.1) is 0 Å². The second-order valence-electron chi connectivity index (χ2n) is 12.2. The molecule has 250 valence electrons. The molecule has 0 bridgehead atoms. The first-order chi connectivity index (χ1) is 21.3. The molecule has 0 aliphatic carbocycles. The van der Waals surface area contributed by atoms with Crippen LogP contribution >= 0.6 is 0 Å². The van der Waals surface area contributed by atoms with Gasteiger partial charge in [-0.05, 0) is 37.0 Å². The number of carbonyl (C=O) groups is 1. The summed E-state index contributed by atoms with van der Waals surface area (Å²) < 4.78 is 22.1. The Bertz CT molecular complexity index is 705. The van der Waals surface area contributed by atoms with Crippen molar-refractivity contribution in [2.45, 2.75) is 162 Å². The number of aryl methyl sites for hydroxylation is 1. The van der Waals surface area contributed by atoms with E-state index < -0.39 is 0 Å². The molecule has 0 atom stereocenters. The molecular weight excluding hydrogens is 536 g/mol. The van der Waals surface area contributed by atoms with Gasteiger partial charge < -0.3 is 18.9 Å². The number of unbranched alkanes of at least 4 members (excludes halogenated alkanes) is 19. The Morgan fingerprint density at radius 1 is 0.488 bits per heavy atom. The van der Waals surface area contributed by atoms with Gasteiger partial charge in [-0.3, -0.25) is 4.79 Å². The highest BCUT2D eigenvalue weighted by Crippen LogP contribution is 2.16. The van der Waals surface area contributed by atoms with Crippen molar-refractivity contribution < 1.29 is 23.7 Å². The van der Waals surface area contributed by atoms with Crippen molar-refractivity contribution in [3.05, 3.63) is 29.8 Å². The van der Waals surface area contributed by atoms with E-state index in [1.54, 1.807) is 0 Å². The van der Waals surface area contributed by atoms with Crippen molar-refractivity contribution >= 4 is 5.97 Å². The third kappa shape index (κ3) is 27.7. The smallest absolute Gasteiger partial charge is 0.305 e. The molecule has 0 radical (unpaired) electrons. The molecule has 0 amide bonds. The Labute approximate surface area is 266 Å². The summed E-state index contributed by atoms with van der Waals surface area (Å²) >= 11 is 0. The van der Waals surface area contributed by atoms with E-state index in [-0.39, 0.29) is 5.97 Å². The molecule has 1 rings (SSSR count). The number of benzene rings is 1. The first-order valence-electron chi connectivity index (χ1n) is 18.3. The molecule has 5 heteroatoms. The van der Waals surface area contributed by atoms with Crippen LogP contribution in [-0.4, -0.2) is 45.6 Å². The highest BCUT2D eigenvalue weighted by molar-refractivity contribution is 5.69. The zero-order chi connectivity index (χ0) is 30.9. The number of hydrogen-bond donors (Lipinski definition) is 0. The number of rotatable bonds is 33. The van der Waals surface area contributed by atoms with Gasteiger partial charge >= 0.3 is 5.97 Å². The Hall–Kier alpha value is -1.59. The maximum atomic E-state index is 11.9. The van der Waals surface area contributed by atoms with Crippen molar-refractivity contribution in [1.29, 1.82) is 0 Å². The summed E-state index contributed by atoms with van der Waals surface area (Å²) in [6, 6.07) is 8.44. The fraction of sp³-hybridized carbons (Fsp3) is 0.816. The van der Waals surface area contributed by atoms with E-state index in [1.807, 2.05) is 0 Å². The van der Waals surface area contributed by atoms with E-state index in [1.165, 1.54) is 128 Å². The summed E-state index contributed by atoms with van der Waals surface area (Å²) in [5, 5.41) is 0. The average Bonchev–Trinajstić information content (AvgIpc) is 3.02. The SMILES string of the molecule is CCCCCCCCCCCCCCCCCC(=O)OCCOCCOCCOc1ccc(CCCCCCCC)cc1. The predicted molar refractivity (Wildman–Crippen MR) is 181 cm³/mol. The van der Waals surface area contributed by atoms with Gasteiger partial charge in [-0.2, -0.15) is 0 Å². The number of esters is 1. The first-order valence-corrected chi connectivity index (χ1v) is 18.3. The van der Waals surface area contributed by atoms with Crippen LogP contribution in [0.3, 0.4) is 0 Å². The summed E-state index contributed by atoms with van der Waals surface area (Å²) in [5.41, 5.74) is 1.38. The largest absolute Gasteiger partial charge is 0.491 e. The van der Waals surface area contributed by atoms with Crippen LogP contribution in [0.25, 0.3) is 0 Å². The van der Waals surface area contributed by atoms with E-state index >= 15 is 0 Å². The van der Waals surface area contributed by atoms with E-state index in [4.69, 9.17) is 18.9 Å². The van der Waals surface area contributed by atoms with Crippen molar-refractivity contribution in [2.75, 3.05) is 39.6 Å². The van der Waals surface area contributed by atoms with Crippen molar-refractivity contribution in [2.24, 2.45) is 0 Å². The van der Waals surface area contributed by atoms with Gasteiger partial charge in [0.15, 0.2) is 0 Å². The average molecular weight is 605 g/mol. The van der Waals surface area contributed by atoms with Gasteiger partial charge in [-0.15, -0.1) is 0 Å². The molecule has 1 aromatic rings. The van der Waals surface area contributed by atoms with Crippen LogP contribution < -0.4 is 4.74 Å². The standard InChI is InChI=1S/C38H68O5/c1-3-5-7-9-11-12-13-14-15-16-17-18-19-21-23-25-38(39)43-35-33-41-31-30-40-32-34-42-37-28-26-36(27-29-37)24-22-20-10-8-6-4-2/h26-29H,3-25,30-35H2,1-2H3. The molecule has 0 saturated heterocycles. The molecule has 0 spiro atoms. The van der Waals surface area contributed by atoms with Crippen molar-refractivity contribution in [1.82, 2.24) is 0 Å². The van der Waals surface area contributed by atoms with Gasteiger partial charge in [0.2, 0.25) is 0 Å². The molecule has 0 N–H and O–H groups in total. The van der Waals surface area contributed by atoms with Crippen LogP contribution in [-0.2, 0) is 25.4 Å². The minimum Gasteiger partial charge on any atom is -0.491 e. The van der Waals surface area contributed by atoms with E-state index in [0.29, 0.717) is 46.1 Å². The van der Waals surface area contributed by atoms with Gasteiger partial charge in [-0.25, -0.2) is 0 Å². The zero-order valence-corrected chi connectivity index (χ0v) is 28.4. The lowest BCUT2D eigenvalue weighted by Crippen LogP contribution is -2.14. The minimum absolute atomic E-state index is 0.109. The number of ether oxygens (including phenoxy) is 4. The van der Waals surface area contributed by atoms with Crippen LogP contribution in [0.2, 0.25) is 0 Å². The van der Waals surface area contributed by atoms with Gasteiger partial charge in [0, 0.05) is 6.42 Å². The van der Waals surface area contributed by atoms with Crippen molar-refractivity contribution in [3.63, 3.8) is 0 Å². The van der Waals surface area contributed by atoms with Gasteiger partial charge in [0.25, 0.3) is 0 Å². The summed E-state index contributed by atoms with van der Waals surface area (Å²) in [5.74, 6) is 0.778. The maximum Gasteiger partial charge on any atom is 0.305 e.